The van der Waals surface area contributed by atoms with Crippen LogP contribution in [0.5, 0.6) is 0 Å². The number of nitrogens with zero attached hydrogens (tertiary/aromatic N) is 1. The van der Waals surface area contributed by atoms with Crippen molar-refractivity contribution >= 4 is 11.6 Å². The quantitative estimate of drug-likeness (QED) is 0.427. The molecule has 0 atom stereocenters. The van der Waals surface area contributed by atoms with Crippen molar-refractivity contribution in [3.63, 3.8) is 0 Å². The molecule has 0 saturated heterocycles. The summed E-state index contributed by atoms with van der Waals surface area (Å²) in [5, 5.41) is 0. The van der Waals surface area contributed by atoms with E-state index in [0.29, 0.717) is 5.69 Å². The minimum atomic E-state index is -0.334. The summed E-state index contributed by atoms with van der Waals surface area (Å²) in [5.74, 6) is 5.08. The van der Waals surface area contributed by atoms with Crippen LogP contribution < -0.4 is 0 Å². The molecular weight excluding hydrogens is 165 g/mol. The van der Waals surface area contributed by atoms with Crippen LogP contribution in [-0.2, 0) is 0 Å². The Hall–Kier alpha value is -1.07. The topological polar surface area (TPSA) is 12.9 Å². The molecule has 0 amide bonds. The smallest absolute Gasteiger partial charge is 0.127 e. The lowest BCUT2D eigenvalue weighted by Gasteiger charge is -1.87. The van der Waals surface area contributed by atoms with Gasteiger partial charge in [-0.2, -0.15) is 0 Å². The average molecular weight is 170 g/mol. The summed E-state index contributed by atoms with van der Waals surface area (Å²) in [4.78, 5) is 3.80. The van der Waals surface area contributed by atoms with Gasteiger partial charge < -0.3 is 0 Å². The second kappa shape index (κ2) is 3.95. The van der Waals surface area contributed by atoms with E-state index in [1.54, 1.807) is 0 Å². The Kier molecular flexibility index (Phi) is 2.88. The monoisotopic (exact) mass is 169 g/mol. The van der Waals surface area contributed by atoms with Crippen LogP contribution in [-0.4, -0.2) is 10.9 Å². The molecule has 0 N–H and O–H groups in total. The molecule has 0 aliphatic rings. The molecule has 56 valence electrons. The van der Waals surface area contributed by atoms with E-state index in [9.17, 15) is 4.39 Å². The maximum Gasteiger partial charge on any atom is 0.127 e. The standard InChI is InChI=1S/C8H5ClFN/c9-4-1-2-8-6-7(10)3-5-11-8/h3,5-6H,4H2. The van der Waals surface area contributed by atoms with Gasteiger partial charge in [0.15, 0.2) is 0 Å². The lowest BCUT2D eigenvalue weighted by atomic mass is 10.3. The van der Waals surface area contributed by atoms with Crippen molar-refractivity contribution < 1.29 is 4.39 Å². The van der Waals surface area contributed by atoms with E-state index in [2.05, 4.69) is 16.8 Å². The van der Waals surface area contributed by atoms with E-state index in [0.717, 1.165) is 0 Å². The zero-order valence-electron chi connectivity index (χ0n) is 5.64. The Bertz CT molecular complexity index is 300. The second-order valence-corrected chi connectivity index (χ2v) is 2.06. The zero-order chi connectivity index (χ0) is 8.10. The van der Waals surface area contributed by atoms with Crippen molar-refractivity contribution in [2.45, 2.75) is 0 Å². The van der Waals surface area contributed by atoms with Crippen molar-refractivity contribution in [3.05, 3.63) is 29.8 Å². The summed E-state index contributed by atoms with van der Waals surface area (Å²) >= 11 is 5.30. The van der Waals surface area contributed by atoms with Crippen LogP contribution in [0.25, 0.3) is 0 Å². The van der Waals surface area contributed by atoms with Crippen LogP contribution in [0.2, 0.25) is 0 Å². The Morgan fingerprint density at radius 2 is 2.45 bits per heavy atom. The molecule has 1 aromatic heterocycles. The third-order valence-corrected chi connectivity index (χ3v) is 1.14. The van der Waals surface area contributed by atoms with Crippen LogP contribution >= 0.6 is 11.6 Å². The number of aromatic nitrogens is 1. The summed E-state index contributed by atoms with van der Waals surface area (Å²) in [6.07, 6.45) is 1.37. The van der Waals surface area contributed by atoms with E-state index >= 15 is 0 Å². The van der Waals surface area contributed by atoms with Gasteiger partial charge in [-0.05, 0) is 12.0 Å². The highest BCUT2D eigenvalue weighted by atomic mass is 35.5. The third-order valence-electron chi connectivity index (χ3n) is 1.01. The summed E-state index contributed by atoms with van der Waals surface area (Å²) in [6, 6.07) is 2.53. The Morgan fingerprint density at radius 1 is 1.64 bits per heavy atom. The number of rotatable bonds is 0. The molecule has 0 unspecified atom stereocenters. The van der Waals surface area contributed by atoms with Gasteiger partial charge in [0.05, 0.1) is 5.88 Å². The van der Waals surface area contributed by atoms with Crippen molar-refractivity contribution in [2.75, 3.05) is 5.88 Å². The van der Waals surface area contributed by atoms with Crippen LogP contribution in [0.3, 0.4) is 0 Å². The first-order valence-corrected chi connectivity index (χ1v) is 3.53. The Labute approximate surface area is 69.2 Å². The van der Waals surface area contributed by atoms with Gasteiger partial charge in [0.1, 0.15) is 11.5 Å². The fourth-order valence-corrected chi connectivity index (χ4v) is 0.664. The van der Waals surface area contributed by atoms with Gasteiger partial charge in [0.25, 0.3) is 0 Å². The summed E-state index contributed by atoms with van der Waals surface area (Å²) in [7, 11) is 0. The number of halogens is 2. The molecule has 0 radical (unpaired) electrons. The Morgan fingerprint density at radius 3 is 3.09 bits per heavy atom. The summed E-state index contributed by atoms with van der Waals surface area (Å²) in [6.45, 7) is 0. The predicted octanol–water partition coefficient (Wildman–Crippen LogP) is 1.81. The van der Waals surface area contributed by atoms with E-state index in [4.69, 9.17) is 11.6 Å². The van der Waals surface area contributed by atoms with Gasteiger partial charge in [0.2, 0.25) is 0 Å². The molecule has 0 aliphatic carbocycles. The molecule has 1 aromatic rings. The molecule has 0 bridgehead atoms. The number of hydrogen-bond donors (Lipinski definition) is 0. The van der Waals surface area contributed by atoms with Crippen molar-refractivity contribution in [1.82, 2.24) is 4.98 Å². The Balaban J connectivity index is 2.87. The van der Waals surface area contributed by atoms with Crippen LogP contribution in [0.4, 0.5) is 4.39 Å². The van der Waals surface area contributed by atoms with E-state index in [1.165, 1.54) is 18.3 Å². The van der Waals surface area contributed by atoms with Crippen LogP contribution in [0.15, 0.2) is 18.3 Å². The zero-order valence-corrected chi connectivity index (χ0v) is 6.40. The molecule has 3 heteroatoms. The predicted molar refractivity (Wildman–Crippen MR) is 41.8 cm³/mol. The number of alkyl halides is 1. The molecule has 1 heterocycles. The highest BCUT2D eigenvalue weighted by Crippen LogP contribution is 1.96. The molecule has 0 aromatic carbocycles. The minimum absolute atomic E-state index is 0.234. The molecule has 0 aliphatic heterocycles. The minimum Gasteiger partial charge on any atom is -0.248 e. The van der Waals surface area contributed by atoms with Gasteiger partial charge in [-0.15, -0.1) is 11.6 Å². The first-order valence-electron chi connectivity index (χ1n) is 2.99. The maximum atomic E-state index is 12.5. The van der Waals surface area contributed by atoms with Gasteiger partial charge in [0, 0.05) is 12.3 Å². The van der Waals surface area contributed by atoms with E-state index in [-0.39, 0.29) is 11.7 Å². The first-order chi connectivity index (χ1) is 5.33. The lowest BCUT2D eigenvalue weighted by Crippen LogP contribution is -1.82. The number of hydrogen-bond acceptors (Lipinski definition) is 1. The van der Waals surface area contributed by atoms with Crippen molar-refractivity contribution in [2.24, 2.45) is 0 Å². The second-order valence-electron chi connectivity index (χ2n) is 1.79. The fourth-order valence-electron chi connectivity index (χ4n) is 0.597. The molecule has 0 spiro atoms. The SMILES string of the molecule is Fc1ccnc(C#CCCl)c1. The highest BCUT2D eigenvalue weighted by Gasteiger charge is 1.89. The van der Waals surface area contributed by atoms with E-state index in [1.807, 2.05) is 0 Å². The van der Waals surface area contributed by atoms with Crippen molar-refractivity contribution in [3.8, 4) is 11.8 Å². The van der Waals surface area contributed by atoms with Gasteiger partial charge in [-0.3, -0.25) is 0 Å². The van der Waals surface area contributed by atoms with Crippen molar-refractivity contribution in [1.29, 1.82) is 0 Å². The normalized spacial score (nSPS) is 8.55. The highest BCUT2D eigenvalue weighted by molar-refractivity contribution is 6.19. The fraction of sp³-hybridized carbons (Fsp3) is 0.125. The van der Waals surface area contributed by atoms with Crippen LogP contribution in [0.1, 0.15) is 5.69 Å². The maximum absolute atomic E-state index is 12.5. The third kappa shape index (κ3) is 2.57. The van der Waals surface area contributed by atoms with Gasteiger partial charge >= 0.3 is 0 Å². The molecule has 1 rings (SSSR count). The summed E-state index contributed by atoms with van der Waals surface area (Å²) < 4.78 is 12.5. The van der Waals surface area contributed by atoms with Gasteiger partial charge in [-0.25, -0.2) is 9.37 Å². The lowest BCUT2D eigenvalue weighted by molar-refractivity contribution is 0.625. The molecule has 0 fully saturated rings. The first kappa shape index (κ1) is 8.03. The molecule has 0 saturated carbocycles. The largest absolute Gasteiger partial charge is 0.248 e. The average Bonchev–Trinajstić information content (AvgIpc) is 2.01. The van der Waals surface area contributed by atoms with Gasteiger partial charge in [-0.1, -0.05) is 5.92 Å². The molecular formula is C8H5ClFN. The molecule has 1 nitrogen and oxygen atoms in total. The number of pyridine rings is 1. The summed E-state index contributed by atoms with van der Waals surface area (Å²) in [5.41, 5.74) is 0.408. The molecule has 11 heavy (non-hydrogen) atoms. The van der Waals surface area contributed by atoms with Crippen LogP contribution in [0, 0.1) is 17.7 Å². The van der Waals surface area contributed by atoms with E-state index < -0.39 is 0 Å².